The minimum absolute atomic E-state index is 0.128. The van der Waals surface area contributed by atoms with Gasteiger partial charge in [-0.25, -0.2) is 0 Å². The molecule has 2 heterocycles. The first kappa shape index (κ1) is 13.8. The van der Waals surface area contributed by atoms with Crippen LogP contribution in [0.15, 0.2) is 0 Å². The van der Waals surface area contributed by atoms with Crippen LogP contribution in [0.5, 0.6) is 0 Å². The molecule has 5 heteroatoms. The Morgan fingerprint density at radius 3 is 2.06 bits per heavy atom. The van der Waals surface area contributed by atoms with Gasteiger partial charge in [0, 0.05) is 39.3 Å². The zero-order valence-corrected chi connectivity index (χ0v) is 11.0. The average molecular weight is 256 g/mol. The van der Waals surface area contributed by atoms with Crippen molar-refractivity contribution in [2.45, 2.75) is 44.3 Å². The van der Waals surface area contributed by atoms with Gasteiger partial charge in [-0.2, -0.15) is 0 Å². The van der Waals surface area contributed by atoms with E-state index in [1.165, 1.54) is 0 Å². The van der Waals surface area contributed by atoms with Crippen LogP contribution in [0.1, 0.15) is 32.1 Å². The van der Waals surface area contributed by atoms with E-state index in [1.807, 2.05) is 4.90 Å². The van der Waals surface area contributed by atoms with Crippen molar-refractivity contribution in [1.29, 1.82) is 0 Å². The van der Waals surface area contributed by atoms with Crippen molar-refractivity contribution in [2.24, 2.45) is 5.73 Å². The third kappa shape index (κ3) is 3.93. The molecule has 0 aromatic carbocycles. The van der Waals surface area contributed by atoms with Gasteiger partial charge in [0.15, 0.2) is 0 Å². The van der Waals surface area contributed by atoms with E-state index in [1.54, 1.807) is 0 Å². The molecular formula is C13H24N2O3. The Balaban J connectivity index is 1.85. The molecule has 2 unspecified atom stereocenters. The number of hydrogen-bond acceptors (Lipinski definition) is 4. The zero-order valence-electron chi connectivity index (χ0n) is 11.0. The summed E-state index contributed by atoms with van der Waals surface area (Å²) in [4.78, 5) is 13.9. The summed E-state index contributed by atoms with van der Waals surface area (Å²) in [6.45, 7) is 3.44. The quantitative estimate of drug-likeness (QED) is 0.752. The number of carbonyl (C=O) groups excluding carboxylic acids is 1. The van der Waals surface area contributed by atoms with Gasteiger partial charge in [-0.1, -0.05) is 0 Å². The molecule has 2 aliphatic rings. The highest BCUT2D eigenvalue weighted by Crippen LogP contribution is 2.17. The van der Waals surface area contributed by atoms with Crippen molar-refractivity contribution in [2.75, 3.05) is 32.8 Å². The van der Waals surface area contributed by atoms with Crippen molar-refractivity contribution >= 4 is 5.91 Å². The highest BCUT2D eigenvalue weighted by Gasteiger charge is 2.26. The number of hydrogen-bond donors (Lipinski definition) is 1. The lowest BCUT2D eigenvalue weighted by Gasteiger charge is -2.27. The van der Waals surface area contributed by atoms with Crippen LogP contribution >= 0.6 is 0 Å². The number of nitrogens with zero attached hydrogens (tertiary/aromatic N) is 1. The van der Waals surface area contributed by atoms with E-state index in [0.29, 0.717) is 26.1 Å². The molecule has 104 valence electrons. The lowest BCUT2D eigenvalue weighted by atomic mass is 10.2. The van der Waals surface area contributed by atoms with Crippen LogP contribution in [-0.4, -0.2) is 55.9 Å². The SMILES string of the molecule is NCCC(=O)N(CC1CCCO1)CC1CCCO1. The second-order valence-electron chi connectivity index (χ2n) is 5.11. The van der Waals surface area contributed by atoms with Crippen LogP contribution in [0, 0.1) is 0 Å². The number of nitrogens with two attached hydrogens (primary N) is 1. The van der Waals surface area contributed by atoms with Crippen molar-refractivity contribution in [3.05, 3.63) is 0 Å². The molecule has 0 saturated carbocycles. The van der Waals surface area contributed by atoms with Crippen molar-refractivity contribution in [1.82, 2.24) is 4.90 Å². The standard InChI is InChI=1S/C13H24N2O3/c14-6-5-13(16)15(9-11-3-1-7-17-11)10-12-4-2-8-18-12/h11-12H,1-10,14H2. The van der Waals surface area contributed by atoms with Gasteiger partial charge in [0.05, 0.1) is 12.2 Å². The Kier molecular flexibility index (Phi) is 5.41. The van der Waals surface area contributed by atoms with Crippen molar-refractivity contribution in [3.8, 4) is 0 Å². The van der Waals surface area contributed by atoms with E-state index in [4.69, 9.17) is 15.2 Å². The van der Waals surface area contributed by atoms with Gasteiger partial charge < -0.3 is 20.1 Å². The van der Waals surface area contributed by atoms with Gasteiger partial charge in [0.1, 0.15) is 0 Å². The monoisotopic (exact) mass is 256 g/mol. The highest BCUT2D eigenvalue weighted by molar-refractivity contribution is 5.76. The molecule has 2 rings (SSSR count). The molecule has 1 amide bonds. The van der Waals surface area contributed by atoms with Gasteiger partial charge in [-0.15, -0.1) is 0 Å². The Labute approximate surface area is 109 Å². The van der Waals surface area contributed by atoms with E-state index in [9.17, 15) is 4.79 Å². The number of ether oxygens (including phenoxy) is 2. The summed E-state index contributed by atoms with van der Waals surface area (Å²) in [6.07, 6.45) is 5.13. The number of carbonyl (C=O) groups is 1. The van der Waals surface area contributed by atoms with E-state index in [0.717, 1.165) is 38.9 Å². The van der Waals surface area contributed by atoms with Crippen LogP contribution in [0.25, 0.3) is 0 Å². The molecule has 2 aliphatic heterocycles. The molecule has 0 spiro atoms. The molecule has 2 atom stereocenters. The third-order valence-electron chi connectivity index (χ3n) is 3.61. The smallest absolute Gasteiger partial charge is 0.224 e. The first-order chi connectivity index (χ1) is 8.79. The fourth-order valence-corrected chi connectivity index (χ4v) is 2.63. The Hall–Kier alpha value is -0.650. The predicted octanol–water partition coefficient (Wildman–Crippen LogP) is 0.522. The first-order valence-electron chi connectivity index (χ1n) is 7.00. The molecule has 0 bridgehead atoms. The first-order valence-corrected chi connectivity index (χ1v) is 7.00. The maximum atomic E-state index is 12.1. The van der Waals surface area contributed by atoms with E-state index in [-0.39, 0.29) is 18.1 Å². The molecule has 2 saturated heterocycles. The zero-order chi connectivity index (χ0) is 12.8. The van der Waals surface area contributed by atoms with Crippen LogP contribution < -0.4 is 5.73 Å². The van der Waals surface area contributed by atoms with Gasteiger partial charge in [-0.05, 0) is 25.7 Å². The van der Waals surface area contributed by atoms with Crippen LogP contribution in [-0.2, 0) is 14.3 Å². The summed E-state index contributed by atoms with van der Waals surface area (Å²) >= 11 is 0. The topological polar surface area (TPSA) is 64.8 Å². The fourth-order valence-electron chi connectivity index (χ4n) is 2.63. The lowest BCUT2D eigenvalue weighted by Crippen LogP contribution is -2.42. The summed E-state index contributed by atoms with van der Waals surface area (Å²) in [5, 5.41) is 0. The molecular weight excluding hydrogens is 232 g/mol. The van der Waals surface area contributed by atoms with Gasteiger partial charge in [-0.3, -0.25) is 4.79 Å². The molecule has 0 radical (unpaired) electrons. The van der Waals surface area contributed by atoms with Gasteiger partial charge in [0.25, 0.3) is 0 Å². The van der Waals surface area contributed by atoms with Crippen molar-refractivity contribution in [3.63, 3.8) is 0 Å². The molecule has 0 aromatic heterocycles. The number of rotatable bonds is 6. The van der Waals surface area contributed by atoms with Crippen LogP contribution in [0.4, 0.5) is 0 Å². The summed E-state index contributed by atoms with van der Waals surface area (Å²) in [5.74, 6) is 0.128. The minimum atomic E-state index is 0.128. The van der Waals surface area contributed by atoms with E-state index < -0.39 is 0 Å². The Morgan fingerprint density at radius 2 is 1.67 bits per heavy atom. The summed E-state index contributed by atoms with van der Waals surface area (Å²) in [7, 11) is 0. The third-order valence-corrected chi connectivity index (χ3v) is 3.61. The second-order valence-corrected chi connectivity index (χ2v) is 5.11. The highest BCUT2D eigenvalue weighted by atomic mass is 16.5. The van der Waals surface area contributed by atoms with Crippen molar-refractivity contribution < 1.29 is 14.3 Å². The Bertz CT molecular complexity index is 243. The van der Waals surface area contributed by atoms with Gasteiger partial charge in [0.2, 0.25) is 5.91 Å². The largest absolute Gasteiger partial charge is 0.376 e. The fraction of sp³-hybridized carbons (Fsp3) is 0.923. The molecule has 0 aliphatic carbocycles. The second kappa shape index (κ2) is 7.07. The summed E-state index contributed by atoms with van der Waals surface area (Å²) in [5.41, 5.74) is 5.47. The lowest BCUT2D eigenvalue weighted by molar-refractivity contribution is -0.134. The molecule has 5 nitrogen and oxygen atoms in total. The Morgan fingerprint density at radius 1 is 1.11 bits per heavy atom. The van der Waals surface area contributed by atoms with Crippen LogP contribution in [0.3, 0.4) is 0 Å². The molecule has 18 heavy (non-hydrogen) atoms. The molecule has 2 fully saturated rings. The number of amides is 1. The van der Waals surface area contributed by atoms with E-state index in [2.05, 4.69) is 0 Å². The molecule has 2 N–H and O–H groups in total. The average Bonchev–Trinajstić information content (AvgIpc) is 3.01. The molecule has 0 aromatic rings. The maximum Gasteiger partial charge on any atom is 0.224 e. The maximum absolute atomic E-state index is 12.1. The minimum Gasteiger partial charge on any atom is -0.376 e. The predicted molar refractivity (Wildman–Crippen MR) is 68.2 cm³/mol. The van der Waals surface area contributed by atoms with Crippen LogP contribution in [0.2, 0.25) is 0 Å². The normalized spacial score (nSPS) is 27.6. The van der Waals surface area contributed by atoms with E-state index >= 15 is 0 Å². The van der Waals surface area contributed by atoms with Gasteiger partial charge >= 0.3 is 0 Å². The summed E-state index contributed by atoms with van der Waals surface area (Å²) < 4.78 is 11.2. The summed E-state index contributed by atoms with van der Waals surface area (Å²) in [6, 6.07) is 0.